The van der Waals surface area contributed by atoms with Crippen LogP contribution in [0.2, 0.25) is 0 Å². The second kappa shape index (κ2) is 18.1. The zero-order valence-electron chi connectivity index (χ0n) is 17.8. The first kappa shape index (κ1) is 23.8. The van der Waals surface area contributed by atoms with Crippen molar-refractivity contribution in [2.75, 3.05) is 6.61 Å². The lowest BCUT2D eigenvalue weighted by atomic mass is 10.0. The second-order valence-corrected chi connectivity index (χ2v) is 7.86. The van der Waals surface area contributed by atoms with E-state index in [1.165, 1.54) is 101 Å². The minimum absolute atomic E-state index is 0.267. The van der Waals surface area contributed by atoms with E-state index in [9.17, 15) is 4.79 Å². The highest BCUT2D eigenvalue weighted by Gasteiger charge is 2.02. The van der Waals surface area contributed by atoms with Gasteiger partial charge in [0.05, 0.1) is 6.61 Å². The maximum Gasteiger partial charge on any atom is 0.417 e. The van der Waals surface area contributed by atoms with E-state index in [2.05, 4.69) is 6.92 Å². The van der Waals surface area contributed by atoms with Gasteiger partial charge in [0.25, 0.3) is 0 Å². The molecule has 0 saturated heterocycles. The second-order valence-electron chi connectivity index (χ2n) is 7.86. The van der Waals surface area contributed by atoms with Crippen molar-refractivity contribution in [3.8, 4) is 0 Å². The zero-order chi connectivity index (χ0) is 19.4. The summed E-state index contributed by atoms with van der Waals surface area (Å²) in [4.78, 5) is 11.6. The fourth-order valence-electron chi connectivity index (χ4n) is 3.52. The summed E-state index contributed by atoms with van der Waals surface area (Å²) < 4.78 is 6.71. The highest BCUT2D eigenvalue weighted by Crippen LogP contribution is 2.14. The van der Waals surface area contributed by atoms with E-state index in [4.69, 9.17) is 4.74 Å². The predicted octanol–water partition coefficient (Wildman–Crippen LogP) is 8.12. The van der Waals surface area contributed by atoms with Gasteiger partial charge in [-0.2, -0.15) is 0 Å². The van der Waals surface area contributed by atoms with Crippen LogP contribution in [0.1, 0.15) is 116 Å². The van der Waals surface area contributed by atoms with Gasteiger partial charge in [-0.25, -0.2) is 4.79 Å². The van der Waals surface area contributed by atoms with E-state index in [1.54, 1.807) is 12.4 Å². The van der Waals surface area contributed by atoms with E-state index >= 15 is 0 Å². The molecule has 27 heavy (non-hydrogen) atoms. The third-order valence-corrected chi connectivity index (χ3v) is 5.29. The van der Waals surface area contributed by atoms with Gasteiger partial charge < -0.3 is 4.74 Å². The van der Waals surface area contributed by atoms with Crippen molar-refractivity contribution < 1.29 is 9.53 Å². The standard InChI is InChI=1S/C24H43NO2/c1-2-3-4-5-6-7-8-9-10-11-12-13-14-15-16-17-20-23-27-24(26)25-21-18-19-22-25/h18-19,21-22H,2-17,20,23H2,1H3. The molecule has 156 valence electrons. The average Bonchev–Trinajstić information content (AvgIpc) is 3.22. The van der Waals surface area contributed by atoms with Gasteiger partial charge in [0, 0.05) is 12.4 Å². The van der Waals surface area contributed by atoms with Gasteiger partial charge in [0.15, 0.2) is 0 Å². The lowest BCUT2D eigenvalue weighted by molar-refractivity contribution is 0.145. The van der Waals surface area contributed by atoms with Crippen molar-refractivity contribution >= 4 is 6.09 Å². The van der Waals surface area contributed by atoms with Gasteiger partial charge in [0.1, 0.15) is 0 Å². The summed E-state index contributed by atoms with van der Waals surface area (Å²) in [5.41, 5.74) is 0. The van der Waals surface area contributed by atoms with Crippen molar-refractivity contribution in [1.82, 2.24) is 4.57 Å². The molecule has 0 aliphatic carbocycles. The van der Waals surface area contributed by atoms with E-state index < -0.39 is 0 Å². The fraction of sp³-hybridized carbons (Fsp3) is 0.792. The molecule has 0 bridgehead atoms. The maximum atomic E-state index is 11.6. The van der Waals surface area contributed by atoms with Crippen molar-refractivity contribution in [3.63, 3.8) is 0 Å². The van der Waals surface area contributed by atoms with Gasteiger partial charge in [-0.1, -0.05) is 110 Å². The van der Waals surface area contributed by atoms with Crippen LogP contribution >= 0.6 is 0 Å². The van der Waals surface area contributed by atoms with Crippen LogP contribution in [0.4, 0.5) is 4.79 Å². The molecule has 0 fully saturated rings. The summed E-state index contributed by atoms with van der Waals surface area (Å²) in [6.45, 7) is 2.82. The highest BCUT2D eigenvalue weighted by molar-refractivity contribution is 5.70. The molecular formula is C24H43NO2. The monoisotopic (exact) mass is 377 g/mol. The lowest BCUT2D eigenvalue weighted by Crippen LogP contribution is -2.12. The Balaban J connectivity index is 1.70. The van der Waals surface area contributed by atoms with Crippen molar-refractivity contribution in [2.45, 2.75) is 116 Å². The van der Waals surface area contributed by atoms with Crippen LogP contribution in [0, 0.1) is 0 Å². The lowest BCUT2D eigenvalue weighted by Gasteiger charge is -2.05. The van der Waals surface area contributed by atoms with Crippen molar-refractivity contribution in [1.29, 1.82) is 0 Å². The fourth-order valence-corrected chi connectivity index (χ4v) is 3.52. The van der Waals surface area contributed by atoms with E-state index in [-0.39, 0.29) is 6.09 Å². The van der Waals surface area contributed by atoms with Crippen molar-refractivity contribution in [3.05, 3.63) is 24.5 Å². The van der Waals surface area contributed by atoms with E-state index in [1.807, 2.05) is 12.1 Å². The molecule has 0 unspecified atom stereocenters. The third kappa shape index (κ3) is 14.5. The summed E-state index contributed by atoms with van der Waals surface area (Å²) in [5, 5.41) is 0. The number of aromatic nitrogens is 1. The number of carbonyl (C=O) groups excluding carboxylic acids is 1. The molecule has 0 aliphatic rings. The van der Waals surface area contributed by atoms with Crippen molar-refractivity contribution in [2.24, 2.45) is 0 Å². The maximum absolute atomic E-state index is 11.6. The van der Waals surface area contributed by atoms with Crippen LogP contribution in [0.3, 0.4) is 0 Å². The number of hydrogen-bond donors (Lipinski definition) is 0. The Hall–Kier alpha value is -1.25. The smallest absolute Gasteiger partial charge is 0.417 e. The summed E-state index contributed by atoms with van der Waals surface area (Å²) in [6, 6.07) is 3.66. The molecule has 0 spiro atoms. The van der Waals surface area contributed by atoms with Gasteiger partial charge in [-0.3, -0.25) is 4.57 Å². The van der Waals surface area contributed by atoms with Crippen LogP contribution in [0.15, 0.2) is 24.5 Å². The molecule has 1 aromatic heterocycles. The summed E-state index contributed by atoms with van der Waals surface area (Å²) in [6.07, 6.45) is 26.4. The van der Waals surface area contributed by atoms with E-state index in [0.717, 1.165) is 12.8 Å². The van der Waals surface area contributed by atoms with Crippen LogP contribution < -0.4 is 0 Å². The molecule has 0 aromatic carbocycles. The first-order chi connectivity index (χ1) is 13.3. The van der Waals surface area contributed by atoms with Gasteiger partial charge in [-0.05, 0) is 18.6 Å². The summed E-state index contributed by atoms with van der Waals surface area (Å²) in [7, 11) is 0. The normalized spacial score (nSPS) is 11.0. The Morgan fingerprint density at radius 1 is 0.630 bits per heavy atom. The zero-order valence-corrected chi connectivity index (χ0v) is 17.8. The number of carbonyl (C=O) groups is 1. The largest absolute Gasteiger partial charge is 0.449 e. The predicted molar refractivity (Wildman–Crippen MR) is 115 cm³/mol. The Kier molecular flexibility index (Phi) is 16.0. The molecule has 0 aliphatic heterocycles. The Bertz CT molecular complexity index is 428. The minimum Gasteiger partial charge on any atom is -0.449 e. The quantitative estimate of drug-likeness (QED) is 0.242. The Morgan fingerprint density at radius 3 is 1.41 bits per heavy atom. The molecule has 1 aromatic rings. The summed E-state index contributed by atoms with van der Waals surface area (Å²) in [5.74, 6) is 0. The topological polar surface area (TPSA) is 31.2 Å². The van der Waals surface area contributed by atoms with E-state index in [0.29, 0.717) is 6.61 Å². The number of ether oxygens (including phenoxy) is 1. The highest BCUT2D eigenvalue weighted by atomic mass is 16.5. The van der Waals surface area contributed by atoms with Gasteiger partial charge >= 0.3 is 6.09 Å². The number of rotatable bonds is 18. The molecule has 0 saturated carbocycles. The molecule has 0 N–H and O–H groups in total. The Labute approximate surface area is 167 Å². The molecule has 0 radical (unpaired) electrons. The van der Waals surface area contributed by atoms with Crippen LogP contribution in [-0.4, -0.2) is 17.3 Å². The first-order valence-electron chi connectivity index (χ1n) is 11.6. The minimum atomic E-state index is -0.267. The molecule has 1 rings (SSSR count). The van der Waals surface area contributed by atoms with Crippen LogP contribution in [0.5, 0.6) is 0 Å². The molecule has 0 atom stereocenters. The summed E-state index contributed by atoms with van der Waals surface area (Å²) >= 11 is 0. The SMILES string of the molecule is CCCCCCCCCCCCCCCCCCCOC(=O)n1cccc1. The average molecular weight is 378 g/mol. The molecule has 1 heterocycles. The number of unbranched alkanes of at least 4 members (excludes halogenated alkanes) is 16. The van der Waals surface area contributed by atoms with Gasteiger partial charge in [-0.15, -0.1) is 0 Å². The number of nitrogens with zero attached hydrogens (tertiary/aromatic N) is 1. The number of hydrogen-bond acceptors (Lipinski definition) is 2. The first-order valence-corrected chi connectivity index (χ1v) is 11.6. The Morgan fingerprint density at radius 2 is 1.00 bits per heavy atom. The van der Waals surface area contributed by atoms with Gasteiger partial charge in [0.2, 0.25) is 0 Å². The van der Waals surface area contributed by atoms with Crippen LogP contribution in [-0.2, 0) is 4.74 Å². The third-order valence-electron chi connectivity index (χ3n) is 5.29. The molecular weight excluding hydrogens is 334 g/mol. The molecule has 0 amide bonds. The molecule has 3 nitrogen and oxygen atoms in total. The molecule has 3 heteroatoms. The van der Waals surface area contributed by atoms with Crippen LogP contribution in [0.25, 0.3) is 0 Å².